The van der Waals surface area contributed by atoms with Gasteiger partial charge in [-0.3, -0.25) is 0 Å². The average Bonchev–Trinajstić information content (AvgIpc) is 2.93. The Morgan fingerprint density at radius 1 is 1.39 bits per heavy atom. The van der Waals surface area contributed by atoms with Crippen molar-refractivity contribution in [1.29, 1.82) is 0 Å². The van der Waals surface area contributed by atoms with Gasteiger partial charge < -0.3 is 25.9 Å². The van der Waals surface area contributed by atoms with Crippen LogP contribution in [-0.4, -0.2) is 27.4 Å². The van der Waals surface area contributed by atoms with Crippen LogP contribution in [-0.2, 0) is 4.74 Å². The Labute approximate surface area is 104 Å². The summed E-state index contributed by atoms with van der Waals surface area (Å²) in [6.07, 6.45) is 3.22. The van der Waals surface area contributed by atoms with Crippen molar-refractivity contribution in [2.75, 3.05) is 18.1 Å². The fourth-order valence-electron chi connectivity index (χ4n) is 2.44. The fraction of sp³-hybridized carbons (Fsp3) is 0.417. The van der Waals surface area contributed by atoms with Gasteiger partial charge in [-0.25, -0.2) is 4.98 Å². The summed E-state index contributed by atoms with van der Waals surface area (Å²) in [4.78, 5) is 4.29. The van der Waals surface area contributed by atoms with Gasteiger partial charge in [-0.05, 0) is 25.0 Å². The summed E-state index contributed by atoms with van der Waals surface area (Å²) >= 11 is 0. The second-order valence-electron chi connectivity index (χ2n) is 4.60. The minimum atomic E-state index is -0.103. The molecule has 6 heteroatoms. The molecular formula is C12H16N4O2. The number of anilines is 2. The van der Waals surface area contributed by atoms with Gasteiger partial charge in [0.2, 0.25) is 0 Å². The van der Waals surface area contributed by atoms with Gasteiger partial charge in [0.15, 0.2) is 0 Å². The second kappa shape index (κ2) is 4.15. The monoisotopic (exact) mass is 248 g/mol. The molecule has 0 amide bonds. The molecule has 0 bridgehead atoms. The molecule has 6 nitrogen and oxygen atoms in total. The first-order valence-electron chi connectivity index (χ1n) is 5.97. The van der Waals surface area contributed by atoms with Crippen LogP contribution in [0.3, 0.4) is 0 Å². The third kappa shape index (κ3) is 1.70. The predicted molar refractivity (Wildman–Crippen MR) is 68.8 cm³/mol. The molecule has 1 fully saturated rings. The molecule has 2 atom stereocenters. The summed E-state index contributed by atoms with van der Waals surface area (Å²) in [5.41, 5.74) is 14.5. The zero-order valence-corrected chi connectivity index (χ0v) is 9.91. The number of ether oxygens (including phenoxy) is 1. The van der Waals surface area contributed by atoms with Crippen LogP contribution in [0.2, 0.25) is 0 Å². The normalized spacial score (nSPS) is 23.8. The number of hydrogen-bond acceptors (Lipinski definition) is 5. The summed E-state index contributed by atoms with van der Waals surface area (Å²) in [6.45, 7) is 0.0490. The molecule has 1 aliphatic rings. The molecular weight excluding hydrogens is 232 g/mol. The first kappa shape index (κ1) is 11.3. The number of hydrogen-bond donors (Lipinski definition) is 3. The molecule has 0 saturated carbocycles. The Kier molecular flexibility index (Phi) is 2.61. The first-order valence-corrected chi connectivity index (χ1v) is 5.97. The molecule has 3 rings (SSSR count). The SMILES string of the molecule is Nc1cc(N)c2ncn([C@@H]3CC[C@@H](CO)O3)c2c1. The lowest BCUT2D eigenvalue weighted by atomic mass is 10.2. The maximum Gasteiger partial charge on any atom is 0.135 e. The number of aromatic nitrogens is 2. The van der Waals surface area contributed by atoms with Crippen molar-refractivity contribution < 1.29 is 9.84 Å². The van der Waals surface area contributed by atoms with Crippen LogP contribution in [0, 0.1) is 0 Å². The quantitative estimate of drug-likeness (QED) is 0.685. The highest BCUT2D eigenvalue weighted by atomic mass is 16.5. The molecule has 0 aliphatic carbocycles. The van der Waals surface area contributed by atoms with Gasteiger partial charge in [0, 0.05) is 5.69 Å². The molecule has 1 aromatic heterocycles. The third-order valence-electron chi connectivity index (χ3n) is 3.33. The Bertz CT molecular complexity index is 581. The Hall–Kier alpha value is -1.79. The summed E-state index contributed by atoms with van der Waals surface area (Å²) in [7, 11) is 0. The lowest BCUT2D eigenvalue weighted by Crippen LogP contribution is -2.13. The minimum absolute atomic E-state index is 0.0490. The molecule has 96 valence electrons. The van der Waals surface area contributed by atoms with E-state index in [-0.39, 0.29) is 18.9 Å². The van der Waals surface area contributed by atoms with Crippen molar-refractivity contribution in [2.45, 2.75) is 25.2 Å². The lowest BCUT2D eigenvalue weighted by Gasteiger charge is -2.14. The van der Waals surface area contributed by atoms with Crippen molar-refractivity contribution in [2.24, 2.45) is 0 Å². The van der Waals surface area contributed by atoms with Crippen molar-refractivity contribution in [3.05, 3.63) is 18.5 Å². The Morgan fingerprint density at radius 3 is 2.94 bits per heavy atom. The molecule has 2 aromatic rings. The number of fused-ring (bicyclic) bond motifs is 1. The van der Waals surface area contributed by atoms with Crippen LogP contribution in [0.15, 0.2) is 18.5 Å². The van der Waals surface area contributed by atoms with E-state index in [0.29, 0.717) is 11.4 Å². The number of nitrogen functional groups attached to an aromatic ring is 2. The Balaban J connectivity index is 2.03. The molecule has 1 aromatic carbocycles. The van der Waals surface area contributed by atoms with E-state index < -0.39 is 0 Å². The van der Waals surface area contributed by atoms with Crippen LogP contribution >= 0.6 is 0 Å². The molecule has 2 heterocycles. The zero-order chi connectivity index (χ0) is 12.7. The van der Waals surface area contributed by atoms with E-state index in [0.717, 1.165) is 23.9 Å². The van der Waals surface area contributed by atoms with Crippen molar-refractivity contribution in [3.63, 3.8) is 0 Å². The molecule has 18 heavy (non-hydrogen) atoms. The van der Waals surface area contributed by atoms with Gasteiger partial charge in [0.25, 0.3) is 0 Å². The van der Waals surface area contributed by atoms with E-state index in [9.17, 15) is 0 Å². The highest BCUT2D eigenvalue weighted by Crippen LogP contribution is 2.32. The fourth-order valence-corrected chi connectivity index (χ4v) is 2.44. The van der Waals surface area contributed by atoms with Crippen LogP contribution in [0.5, 0.6) is 0 Å². The van der Waals surface area contributed by atoms with Crippen LogP contribution in [0.25, 0.3) is 11.0 Å². The van der Waals surface area contributed by atoms with Gasteiger partial charge >= 0.3 is 0 Å². The third-order valence-corrected chi connectivity index (χ3v) is 3.33. The van der Waals surface area contributed by atoms with Gasteiger partial charge in [-0.2, -0.15) is 0 Å². The maximum atomic E-state index is 9.09. The summed E-state index contributed by atoms with van der Waals surface area (Å²) < 4.78 is 7.66. The number of rotatable bonds is 2. The minimum Gasteiger partial charge on any atom is -0.399 e. The van der Waals surface area contributed by atoms with E-state index in [1.165, 1.54) is 0 Å². The number of aliphatic hydroxyl groups excluding tert-OH is 1. The standard InChI is InChI=1S/C12H16N4O2/c13-7-3-9(14)12-10(4-7)16(6-15-12)11-2-1-8(5-17)18-11/h3-4,6,8,11,17H,1-2,5,13-14H2/t8-,11-/m0/s1. The van der Waals surface area contributed by atoms with Gasteiger partial charge in [0.05, 0.1) is 30.2 Å². The molecule has 0 unspecified atom stereocenters. The summed E-state index contributed by atoms with van der Waals surface area (Å²) in [5, 5.41) is 9.09. The Morgan fingerprint density at radius 2 is 2.22 bits per heavy atom. The number of imidazole rings is 1. The number of benzene rings is 1. The predicted octanol–water partition coefficient (Wildman–Crippen LogP) is 0.871. The van der Waals surface area contributed by atoms with Crippen molar-refractivity contribution in [1.82, 2.24) is 9.55 Å². The smallest absolute Gasteiger partial charge is 0.135 e. The van der Waals surface area contributed by atoms with Gasteiger partial charge in [-0.1, -0.05) is 0 Å². The topological polar surface area (TPSA) is 99.3 Å². The lowest BCUT2D eigenvalue weighted by molar-refractivity contribution is -0.0204. The van der Waals surface area contributed by atoms with E-state index in [4.69, 9.17) is 21.3 Å². The molecule has 5 N–H and O–H groups in total. The number of nitrogens with two attached hydrogens (primary N) is 2. The largest absolute Gasteiger partial charge is 0.399 e. The van der Waals surface area contributed by atoms with Crippen LogP contribution in [0.4, 0.5) is 11.4 Å². The van der Waals surface area contributed by atoms with Gasteiger partial charge in [0.1, 0.15) is 11.7 Å². The number of aliphatic hydroxyl groups is 1. The zero-order valence-electron chi connectivity index (χ0n) is 9.91. The van der Waals surface area contributed by atoms with Crippen molar-refractivity contribution in [3.8, 4) is 0 Å². The molecule has 0 spiro atoms. The van der Waals surface area contributed by atoms with E-state index >= 15 is 0 Å². The first-order chi connectivity index (χ1) is 8.69. The number of nitrogens with zero attached hydrogens (tertiary/aromatic N) is 2. The van der Waals surface area contributed by atoms with E-state index in [1.807, 2.05) is 10.6 Å². The highest BCUT2D eigenvalue weighted by Gasteiger charge is 2.27. The summed E-state index contributed by atoms with van der Waals surface area (Å²) in [6, 6.07) is 3.54. The van der Waals surface area contributed by atoms with Crippen molar-refractivity contribution >= 4 is 22.4 Å². The second-order valence-corrected chi connectivity index (χ2v) is 4.60. The maximum absolute atomic E-state index is 9.09. The summed E-state index contributed by atoms with van der Waals surface area (Å²) in [5.74, 6) is 0. The average molecular weight is 248 g/mol. The van der Waals surface area contributed by atoms with E-state index in [2.05, 4.69) is 4.98 Å². The molecule has 1 saturated heterocycles. The molecule has 1 aliphatic heterocycles. The van der Waals surface area contributed by atoms with E-state index in [1.54, 1.807) is 12.4 Å². The van der Waals surface area contributed by atoms with Crippen LogP contribution < -0.4 is 11.5 Å². The molecule has 0 radical (unpaired) electrons. The highest BCUT2D eigenvalue weighted by molar-refractivity contribution is 5.90. The van der Waals surface area contributed by atoms with Gasteiger partial charge in [-0.15, -0.1) is 0 Å². The van der Waals surface area contributed by atoms with Crippen LogP contribution in [0.1, 0.15) is 19.1 Å².